The summed E-state index contributed by atoms with van der Waals surface area (Å²) < 4.78 is 20.5. The van der Waals surface area contributed by atoms with Crippen LogP contribution in [0.5, 0.6) is 0 Å². The van der Waals surface area contributed by atoms with Gasteiger partial charge in [0.15, 0.2) is 16.6 Å². The number of hydrogen-bond acceptors (Lipinski definition) is 3. The first-order valence-corrected chi connectivity index (χ1v) is 5.82. The Morgan fingerprint density at radius 1 is 1.75 bits per heavy atom. The summed E-state index contributed by atoms with van der Waals surface area (Å²) in [4.78, 5) is 0. The molecule has 7 heteroatoms. The highest BCUT2D eigenvalue weighted by molar-refractivity contribution is 7.98. The summed E-state index contributed by atoms with van der Waals surface area (Å²) >= 11 is 4.89. The third-order valence-electron chi connectivity index (χ3n) is 2.24. The molecule has 1 unspecified atom stereocenters. The molecule has 0 saturated carbocycles. The molecular weight excluding hydrogens is 198 g/mol. The minimum Gasteiger partial charge on any atom is -0.352 e. The molecule has 4 N–H and O–H groups in total. The molecule has 2 fully saturated rings. The van der Waals surface area contributed by atoms with Gasteiger partial charge in [0.2, 0.25) is 10.2 Å². The molecule has 2 aliphatic rings. The highest BCUT2D eigenvalue weighted by Crippen LogP contribution is 2.24. The largest absolute Gasteiger partial charge is 0.352 e. The third kappa shape index (κ3) is 1.13. The quantitative estimate of drug-likeness (QED) is 0.263. The lowest BCUT2D eigenvalue weighted by Gasteiger charge is -2.13. The van der Waals surface area contributed by atoms with Crippen molar-refractivity contribution < 1.29 is 8.76 Å². The molecule has 0 bridgehead atoms. The van der Waals surface area contributed by atoms with Crippen LogP contribution in [0, 0.1) is 0 Å². The third-order valence-corrected chi connectivity index (χ3v) is 4.31. The summed E-state index contributed by atoms with van der Waals surface area (Å²) in [5.74, 6) is 6.06. The van der Waals surface area contributed by atoms with Crippen LogP contribution in [0.2, 0.25) is 0 Å². The standard InChI is InChI=1S/C5H9N3O2S2/c6-8-4-2-12(9,10)1-3(4)7-5(8)11/h3-4H,1-2,6H2,(H-,7,9,10,11)/p+1/t3-,4-/m1/s1. The van der Waals surface area contributed by atoms with Gasteiger partial charge in [0.05, 0.1) is 0 Å². The van der Waals surface area contributed by atoms with Crippen molar-refractivity contribution in [3.8, 4) is 0 Å². The van der Waals surface area contributed by atoms with Crippen molar-refractivity contribution in [3.05, 3.63) is 0 Å². The van der Waals surface area contributed by atoms with Gasteiger partial charge in [-0.3, -0.25) is 5.01 Å². The van der Waals surface area contributed by atoms with Crippen molar-refractivity contribution in [2.24, 2.45) is 5.84 Å². The van der Waals surface area contributed by atoms with Crippen molar-refractivity contribution in [2.45, 2.75) is 12.1 Å². The van der Waals surface area contributed by atoms with Gasteiger partial charge in [-0.15, -0.1) is 0 Å². The van der Waals surface area contributed by atoms with Crippen LogP contribution in [0.15, 0.2) is 0 Å². The first kappa shape index (κ1) is 8.36. The number of fused-ring (bicyclic) bond motifs is 1. The summed E-state index contributed by atoms with van der Waals surface area (Å²) in [6.45, 7) is 0. The number of hydrogen-bond donors (Lipinski definition) is 3. The molecule has 2 saturated heterocycles. The Bertz CT molecular complexity index is 282. The van der Waals surface area contributed by atoms with Crippen molar-refractivity contribution in [2.75, 3.05) is 11.5 Å². The molecule has 2 rings (SSSR count). The molecule has 0 spiro atoms. The van der Waals surface area contributed by atoms with Gasteiger partial charge in [0.25, 0.3) is 0 Å². The Morgan fingerprint density at radius 3 is 3.00 bits per heavy atom. The average Bonchev–Trinajstić information content (AvgIpc) is 2.33. The zero-order chi connectivity index (χ0) is 8.93. The predicted octanol–water partition coefficient (Wildman–Crippen LogP) is -1.23. The SMILES string of the molecule is NN1C(=S)N[C@@H]2C[S+](=O)(O)C[C@H]21. The molecule has 0 aromatic heterocycles. The second kappa shape index (κ2) is 2.38. The van der Waals surface area contributed by atoms with Gasteiger partial charge in [-0.2, -0.15) is 4.55 Å². The van der Waals surface area contributed by atoms with Crippen LogP contribution < -0.4 is 11.2 Å². The fourth-order valence-electron chi connectivity index (χ4n) is 1.64. The Labute approximate surface area is 76.5 Å². The highest BCUT2D eigenvalue weighted by Gasteiger charge is 2.53. The van der Waals surface area contributed by atoms with Crippen molar-refractivity contribution >= 4 is 27.5 Å². The Kier molecular flexibility index (Phi) is 1.66. The molecule has 5 nitrogen and oxygen atoms in total. The van der Waals surface area contributed by atoms with Gasteiger partial charge in [-0.05, 0) is 12.2 Å². The van der Waals surface area contributed by atoms with Gasteiger partial charge in [-0.1, -0.05) is 4.21 Å². The van der Waals surface area contributed by atoms with E-state index in [0.717, 1.165) is 0 Å². The molecule has 0 aliphatic carbocycles. The zero-order valence-corrected chi connectivity index (χ0v) is 7.90. The van der Waals surface area contributed by atoms with Crippen LogP contribution in [-0.4, -0.2) is 38.3 Å². The van der Waals surface area contributed by atoms with Gasteiger partial charge < -0.3 is 5.32 Å². The van der Waals surface area contributed by atoms with E-state index in [-0.39, 0.29) is 23.6 Å². The zero-order valence-electron chi connectivity index (χ0n) is 6.27. The first-order valence-electron chi connectivity index (χ1n) is 3.56. The number of nitrogens with two attached hydrogens (primary N) is 1. The van der Waals surface area contributed by atoms with Crippen molar-refractivity contribution in [1.82, 2.24) is 10.3 Å². The smallest absolute Gasteiger partial charge is 0.218 e. The van der Waals surface area contributed by atoms with E-state index in [9.17, 15) is 8.76 Å². The second-order valence-electron chi connectivity index (χ2n) is 3.14. The van der Waals surface area contributed by atoms with Gasteiger partial charge in [-0.25, -0.2) is 5.84 Å². The molecule has 0 radical (unpaired) electrons. The summed E-state index contributed by atoms with van der Waals surface area (Å²) in [5.41, 5.74) is 0. The molecule has 0 aromatic carbocycles. The lowest BCUT2D eigenvalue weighted by atomic mass is 10.2. The Morgan fingerprint density at radius 2 is 2.42 bits per heavy atom. The monoisotopic (exact) mass is 208 g/mol. The van der Waals surface area contributed by atoms with Crippen molar-refractivity contribution in [1.29, 1.82) is 0 Å². The molecule has 0 aromatic rings. The number of hydrazine groups is 1. The Balaban J connectivity index is 2.21. The highest BCUT2D eigenvalue weighted by atomic mass is 32.3. The van der Waals surface area contributed by atoms with E-state index in [0.29, 0.717) is 5.11 Å². The van der Waals surface area contributed by atoms with Crippen LogP contribution >= 0.6 is 12.2 Å². The van der Waals surface area contributed by atoms with E-state index < -0.39 is 10.2 Å². The van der Waals surface area contributed by atoms with Crippen LogP contribution in [0.3, 0.4) is 0 Å². The van der Waals surface area contributed by atoms with E-state index in [1.165, 1.54) is 5.01 Å². The van der Waals surface area contributed by atoms with Gasteiger partial charge in [0.1, 0.15) is 12.1 Å². The molecule has 0 amide bonds. The van der Waals surface area contributed by atoms with Crippen LogP contribution in [0.25, 0.3) is 0 Å². The average molecular weight is 208 g/mol. The van der Waals surface area contributed by atoms with Crippen molar-refractivity contribution in [3.63, 3.8) is 0 Å². The number of nitrogens with one attached hydrogen (secondary N) is 1. The van der Waals surface area contributed by atoms with E-state index in [1.54, 1.807) is 0 Å². The predicted molar refractivity (Wildman–Crippen MR) is 49.8 cm³/mol. The Hall–Kier alpha value is -0.240. The van der Waals surface area contributed by atoms with E-state index in [1.807, 2.05) is 0 Å². The minimum atomic E-state index is -2.66. The van der Waals surface area contributed by atoms with Gasteiger partial charge in [0, 0.05) is 0 Å². The van der Waals surface area contributed by atoms with E-state index in [2.05, 4.69) is 5.32 Å². The second-order valence-corrected chi connectivity index (χ2v) is 5.73. The maximum atomic E-state index is 11.2. The topological polar surface area (TPSA) is 78.6 Å². The summed E-state index contributed by atoms with van der Waals surface area (Å²) in [6.07, 6.45) is 0. The fraction of sp³-hybridized carbons (Fsp3) is 0.800. The molecule has 3 atom stereocenters. The van der Waals surface area contributed by atoms with E-state index >= 15 is 0 Å². The lowest BCUT2D eigenvalue weighted by molar-refractivity contribution is 0.367. The van der Waals surface area contributed by atoms with Gasteiger partial charge >= 0.3 is 0 Å². The maximum Gasteiger partial charge on any atom is 0.218 e. The molecule has 2 aliphatic heterocycles. The summed E-state index contributed by atoms with van der Waals surface area (Å²) in [5, 5.41) is 4.76. The lowest BCUT2D eigenvalue weighted by Crippen LogP contribution is -2.42. The number of rotatable bonds is 0. The maximum absolute atomic E-state index is 11.2. The van der Waals surface area contributed by atoms with E-state index in [4.69, 9.17) is 18.1 Å². The molecule has 2 heterocycles. The van der Waals surface area contributed by atoms with Crippen LogP contribution in [0.4, 0.5) is 0 Å². The minimum absolute atomic E-state index is 0.0417. The molecule has 12 heavy (non-hydrogen) atoms. The summed E-state index contributed by atoms with van der Waals surface area (Å²) in [7, 11) is -2.66. The van der Waals surface area contributed by atoms with Crippen LogP contribution in [0.1, 0.15) is 0 Å². The molecule has 68 valence electrons. The first-order chi connectivity index (χ1) is 5.49. The molecular formula is C5H10N3O2S2+. The fourth-order valence-corrected chi connectivity index (χ4v) is 3.85. The summed E-state index contributed by atoms with van der Waals surface area (Å²) in [6, 6.07) is -0.144. The van der Waals surface area contributed by atoms with Crippen LogP contribution in [-0.2, 0) is 14.4 Å². The number of thiocarbonyl (C=S) groups is 1. The number of nitrogens with zero attached hydrogens (tertiary/aromatic N) is 1. The normalized spacial score (nSPS) is 46.2.